The van der Waals surface area contributed by atoms with E-state index >= 15 is 0 Å². The van der Waals surface area contributed by atoms with Crippen molar-refractivity contribution < 1.29 is 21.9 Å². The molecular weight excluding hydrogens is 531 g/mol. The highest BCUT2D eigenvalue weighted by Crippen LogP contribution is 2.43. The second-order valence-corrected chi connectivity index (χ2v) is 11.9. The predicted molar refractivity (Wildman–Crippen MR) is 139 cm³/mol. The SMILES string of the molecule is Cc1c(Cl)cccc1N(c1cccc(Cl)c1C)S(=O)(=O)c1cc(S(N)(=O)=O)c(O)c2ccccc12. The summed E-state index contributed by atoms with van der Waals surface area (Å²) in [5.74, 6) is -0.633. The molecule has 0 spiro atoms. The third-order valence-corrected chi connectivity index (χ3v) is 9.19. The normalized spacial score (nSPS) is 12.1. The highest BCUT2D eigenvalue weighted by molar-refractivity contribution is 7.93. The standard InChI is InChI=1S/C24H20Cl2N2O5S2/c1-14-18(25)9-5-11-20(14)28(21-12-6-10-19(26)15(21)2)35(32,33)22-13-23(34(27,30)31)24(29)17-8-4-3-7-16(17)22/h3-13,29H,1-2H3,(H2,27,30,31). The van der Waals surface area contributed by atoms with E-state index in [1.807, 2.05) is 0 Å². The zero-order valence-electron chi connectivity index (χ0n) is 18.5. The molecular formula is C24H20Cl2N2O5S2. The Morgan fingerprint density at radius 3 is 1.71 bits per heavy atom. The Morgan fingerprint density at radius 1 is 0.743 bits per heavy atom. The second-order valence-electron chi connectivity index (χ2n) is 7.85. The van der Waals surface area contributed by atoms with E-state index in [2.05, 4.69) is 0 Å². The maximum atomic E-state index is 14.4. The van der Waals surface area contributed by atoms with E-state index in [1.165, 1.54) is 12.1 Å². The van der Waals surface area contributed by atoms with Crippen molar-refractivity contribution >= 4 is 65.4 Å². The molecule has 0 aromatic heterocycles. The summed E-state index contributed by atoms with van der Waals surface area (Å²) in [7, 11) is -8.99. The highest BCUT2D eigenvalue weighted by atomic mass is 35.5. The summed E-state index contributed by atoms with van der Waals surface area (Å²) in [6.45, 7) is 3.34. The number of nitrogens with two attached hydrogens (primary N) is 1. The van der Waals surface area contributed by atoms with Crippen LogP contribution < -0.4 is 9.44 Å². The Bertz CT molecular complexity index is 1650. The molecule has 0 amide bonds. The molecule has 3 N–H and O–H groups in total. The lowest BCUT2D eigenvalue weighted by molar-refractivity contribution is 0.465. The maximum Gasteiger partial charge on any atom is 0.269 e. The van der Waals surface area contributed by atoms with Gasteiger partial charge in [-0.15, -0.1) is 0 Å². The van der Waals surface area contributed by atoms with Crippen molar-refractivity contribution in [3.8, 4) is 5.75 Å². The van der Waals surface area contributed by atoms with Crippen LogP contribution in [-0.4, -0.2) is 21.9 Å². The Labute approximate surface area is 213 Å². The summed E-state index contributed by atoms with van der Waals surface area (Å²) >= 11 is 12.7. The van der Waals surface area contributed by atoms with Gasteiger partial charge < -0.3 is 5.11 Å². The molecule has 0 unspecified atom stereocenters. The molecule has 4 aromatic rings. The molecule has 11 heteroatoms. The van der Waals surface area contributed by atoms with E-state index in [-0.39, 0.29) is 27.0 Å². The van der Waals surface area contributed by atoms with Crippen LogP contribution in [0.3, 0.4) is 0 Å². The van der Waals surface area contributed by atoms with Gasteiger partial charge in [-0.2, -0.15) is 0 Å². The fourth-order valence-corrected chi connectivity index (χ4v) is 6.76. The van der Waals surface area contributed by atoms with Gasteiger partial charge in [0.2, 0.25) is 10.0 Å². The molecule has 0 heterocycles. The largest absolute Gasteiger partial charge is 0.506 e. The molecule has 0 aliphatic carbocycles. The number of aromatic hydroxyl groups is 1. The van der Waals surface area contributed by atoms with Crippen molar-refractivity contribution in [3.63, 3.8) is 0 Å². The van der Waals surface area contributed by atoms with Crippen molar-refractivity contribution in [1.82, 2.24) is 0 Å². The molecule has 0 fully saturated rings. The van der Waals surface area contributed by atoms with Crippen LogP contribution in [0.2, 0.25) is 10.0 Å². The van der Waals surface area contributed by atoms with Crippen LogP contribution in [0, 0.1) is 13.8 Å². The van der Waals surface area contributed by atoms with Crippen molar-refractivity contribution in [3.05, 3.63) is 87.9 Å². The maximum absolute atomic E-state index is 14.4. The van der Waals surface area contributed by atoms with Crippen LogP contribution in [0.4, 0.5) is 11.4 Å². The van der Waals surface area contributed by atoms with Gasteiger partial charge in [0.1, 0.15) is 10.6 Å². The Morgan fingerprint density at radius 2 is 1.23 bits per heavy atom. The topological polar surface area (TPSA) is 118 Å². The van der Waals surface area contributed by atoms with Gasteiger partial charge in [0.05, 0.1) is 16.3 Å². The van der Waals surface area contributed by atoms with E-state index in [0.717, 1.165) is 10.4 Å². The Kier molecular flexibility index (Phi) is 6.50. The molecule has 7 nitrogen and oxygen atoms in total. The molecule has 4 rings (SSSR count). The molecule has 182 valence electrons. The quantitative estimate of drug-likeness (QED) is 0.333. The van der Waals surface area contributed by atoms with E-state index in [9.17, 15) is 21.9 Å². The van der Waals surface area contributed by atoms with Crippen LogP contribution in [0.5, 0.6) is 5.75 Å². The lowest BCUT2D eigenvalue weighted by Crippen LogP contribution is -2.28. The minimum atomic E-state index is -4.53. The van der Waals surface area contributed by atoms with E-state index in [4.69, 9.17) is 28.3 Å². The first-order valence-electron chi connectivity index (χ1n) is 10.2. The average Bonchev–Trinajstić information content (AvgIpc) is 2.79. The summed E-state index contributed by atoms with van der Waals surface area (Å²) in [6, 6.07) is 16.5. The van der Waals surface area contributed by atoms with Gasteiger partial charge in [0, 0.05) is 20.8 Å². The zero-order valence-corrected chi connectivity index (χ0v) is 21.7. The number of nitrogens with zero attached hydrogens (tertiary/aromatic N) is 1. The summed E-state index contributed by atoms with van der Waals surface area (Å²) in [6.07, 6.45) is 0. The van der Waals surface area contributed by atoms with Crippen LogP contribution in [0.15, 0.2) is 76.5 Å². The van der Waals surface area contributed by atoms with Gasteiger partial charge in [-0.05, 0) is 55.3 Å². The molecule has 4 aromatic carbocycles. The lowest BCUT2D eigenvalue weighted by Gasteiger charge is -2.29. The van der Waals surface area contributed by atoms with Crippen molar-refractivity contribution in [2.45, 2.75) is 23.6 Å². The lowest BCUT2D eigenvalue weighted by atomic mass is 10.1. The van der Waals surface area contributed by atoms with Crippen LogP contribution >= 0.6 is 23.2 Å². The molecule has 0 aliphatic heterocycles. The van der Waals surface area contributed by atoms with E-state index < -0.39 is 30.7 Å². The summed E-state index contributed by atoms with van der Waals surface area (Å²) < 4.78 is 54.4. The number of primary sulfonamides is 1. The highest BCUT2D eigenvalue weighted by Gasteiger charge is 2.33. The minimum Gasteiger partial charge on any atom is -0.506 e. The monoisotopic (exact) mass is 550 g/mol. The minimum absolute atomic E-state index is 0.0168. The first-order chi connectivity index (χ1) is 16.4. The summed E-state index contributed by atoms with van der Waals surface area (Å²) in [4.78, 5) is -1.07. The predicted octanol–water partition coefficient (Wildman–Crippen LogP) is 5.64. The molecule has 0 saturated carbocycles. The van der Waals surface area contributed by atoms with Crippen LogP contribution in [0.25, 0.3) is 10.8 Å². The molecule has 0 bridgehead atoms. The van der Waals surface area contributed by atoms with Gasteiger partial charge in [0.25, 0.3) is 10.0 Å². The number of halogens is 2. The summed E-state index contributed by atoms with van der Waals surface area (Å²) in [5.41, 5.74) is 1.45. The van der Waals surface area contributed by atoms with Crippen molar-refractivity contribution in [2.75, 3.05) is 4.31 Å². The van der Waals surface area contributed by atoms with E-state index in [0.29, 0.717) is 21.2 Å². The molecule has 0 aliphatic rings. The van der Waals surface area contributed by atoms with Gasteiger partial charge in [-0.25, -0.2) is 26.3 Å². The average molecular weight is 551 g/mol. The number of rotatable bonds is 5. The first-order valence-corrected chi connectivity index (χ1v) is 13.9. The van der Waals surface area contributed by atoms with Gasteiger partial charge >= 0.3 is 0 Å². The molecule has 35 heavy (non-hydrogen) atoms. The number of fused-ring (bicyclic) bond motifs is 1. The number of phenolic OH excluding ortho intramolecular Hbond substituents is 1. The second kappa shape index (κ2) is 9.00. The molecule has 0 radical (unpaired) electrons. The number of phenols is 1. The number of hydrogen-bond acceptors (Lipinski definition) is 5. The smallest absolute Gasteiger partial charge is 0.269 e. The number of benzene rings is 4. The summed E-state index contributed by atoms with van der Waals surface area (Å²) in [5, 5.41) is 16.7. The number of hydrogen-bond donors (Lipinski definition) is 2. The zero-order chi connectivity index (χ0) is 25.7. The van der Waals surface area contributed by atoms with Gasteiger partial charge in [-0.3, -0.25) is 0 Å². The molecule has 0 saturated heterocycles. The number of anilines is 2. The Hall–Kier alpha value is -2.82. The third kappa shape index (κ3) is 4.34. The van der Waals surface area contributed by atoms with Crippen molar-refractivity contribution in [2.24, 2.45) is 5.14 Å². The number of sulfonamides is 2. The van der Waals surface area contributed by atoms with Crippen LogP contribution in [0.1, 0.15) is 11.1 Å². The molecule has 0 atom stereocenters. The van der Waals surface area contributed by atoms with Gasteiger partial charge in [-0.1, -0.05) is 59.6 Å². The van der Waals surface area contributed by atoms with Crippen LogP contribution in [-0.2, 0) is 20.0 Å². The first kappa shape index (κ1) is 25.3. The fourth-order valence-electron chi connectivity index (χ4n) is 3.85. The Balaban J connectivity index is 2.17. The van der Waals surface area contributed by atoms with Crippen molar-refractivity contribution in [1.29, 1.82) is 0 Å². The van der Waals surface area contributed by atoms with Gasteiger partial charge in [0.15, 0.2) is 0 Å². The third-order valence-electron chi connectivity index (χ3n) is 5.68. The fraction of sp³-hybridized carbons (Fsp3) is 0.0833. The van der Waals surface area contributed by atoms with E-state index in [1.54, 1.807) is 62.4 Å².